The number of hydrogen-bond acceptors (Lipinski definition) is 5. The van der Waals surface area contributed by atoms with Gasteiger partial charge in [0.15, 0.2) is 0 Å². The van der Waals surface area contributed by atoms with E-state index in [4.69, 9.17) is 15.6 Å². The van der Waals surface area contributed by atoms with Gasteiger partial charge in [-0.3, -0.25) is 0 Å². The molecule has 4 N–H and O–H groups in total. The number of nitrogen functional groups attached to an aromatic ring is 1. The maximum absolute atomic E-state index is 12.1. The molecule has 2 aromatic heterocycles. The van der Waals surface area contributed by atoms with Gasteiger partial charge in [-0.05, 0) is 31.4 Å². The number of carbonyl (C=O) groups is 1. The number of nitrogens with two attached hydrogens (primary N) is 1. The zero-order valence-electron chi connectivity index (χ0n) is 12.8. The number of nitrogens with zero attached hydrogens (tertiary/aromatic N) is 2. The summed E-state index contributed by atoms with van der Waals surface area (Å²) in [6.45, 7) is 2.91. The lowest BCUT2D eigenvalue weighted by molar-refractivity contribution is 0.0366. The average Bonchev–Trinajstić information content (AvgIpc) is 3.01. The van der Waals surface area contributed by atoms with Crippen LogP contribution in [0.2, 0.25) is 0 Å². The zero-order chi connectivity index (χ0) is 16.8. The van der Waals surface area contributed by atoms with Crippen LogP contribution in [0.15, 0.2) is 18.5 Å². The van der Waals surface area contributed by atoms with Gasteiger partial charge >= 0.3 is 5.97 Å². The number of anilines is 1. The Hall–Kier alpha value is -2.48. The second-order valence-corrected chi connectivity index (χ2v) is 5.18. The number of aryl methyl sites for hydroxylation is 1. The van der Waals surface area contributed by atoms with Crippen molar-refractivity contribution in [3.8, 4) is 11.3 Å². The fourth-order valence-electron chi connectivity index (χ4n) is 2.10. The summed E-state index contributed by atoms with van der Waals surface area (Å²) in [6.07, 6.45) is 4.08. The predicted octanol–water partition coefficient (Wildman–Crippen LogP) is 2.20. The molecule has 3 heterocycles. The number of aromatic carboxylic acids is 1. The van der Waals surface area contributed by atoms with Gasteiger partial charge in [0.2, 0.25) is 5.95 Å². The van der Waals surface area contributed by atoms with Gasteiger partial charge in [-0.2, -0.15) is 0 Å². The first-order chi connectivity index (χ1) is 11.0. The lowest BCUT2D eigenvalue weighted by atomic mass is 10.1. The molecule has 1 atom stereocenters. The number of alkyl halides is 1. The molecule has 1 saturated heterocycles. The van der Waals surface area contributed by atoms with E-state index in [2.05, 4.69) is 15.0 Å². The first-order valence-electron chi connectivity index (χ1n) is 7.20. The maximum Gasteiger partial charge on any atom is 0.352 e. The van der Waals surface area contributed by atoms with Crippen molar-refractivity contribution in [1.29, 1.82) is 0 Å². The summed E-state index contributed by atoms with van der Waals surface area (Å²) in [7, 11) is 0. The number of carboxylic acid groups (broad SMARTS) is 1. The van der Waals surface area contributed by atoms with E-state index in [1.54, 1.807) is 12.4 Å². The first-order valence-corrected chi connectivity index (χ1v) is 7.20. The highest BCUT2D eigenvalue weighted by Gasteiger charge is 2.11. The molecular weight excluding hydrogens is 303 g/mol. The van der Waals surface area contributed by atoms with Crippen LogP contribution in [0.5, 0.6) is 0 Å². The van der Waals surface area contributed by atoms with Crippen molar-refractivity contribution in [2.24, 2.45) is 0 Å². The quantitative estimate of drug-likeness (QED) is 0.781. The Bertz CT molecular complexity index is 668. The normalized spacial score (nSPS) is 17.2. The highest BCUT2D eigenvalue weighted by molar-refractivity contribution is 5.87. The third-order valence-corrected chi connectivity index (χ3v) is 3.28. The summed E-state index contributed by atoms with van der Waals surface area (Å²) < 4.78 is 16.9. The van der Waals surface area contributed by atoms with Crippen molar-refractivity contribution in [2.45, 2.75) is 25.9 Å². The van der Waals surface area contributed by atoms with Crippen LogP contribution in [-0.4, -0.2) is 45.4 Å². The van der Waals surface area contributed by atoms with Crippen molar-refractivity contribution in [2.75, 3.05) is 18.9 Å². The zero-order valence-corrected chi connectivity index (χ0v) is 12.8. The molecule has 0 spiro atoms. The molecule has 23 heavy (non-hydrogen) atoms. The molecule has 1 fully saturated rings. The molecule has 1 aliphatic rings. The summed E-state index contributed by atoms with van der Waals surface area (Å²) in [5.41, 5.74) is 7.76. The molecule has 3 rings (SSSR count). The van der Waals surface area contributed by atoms with Crippen molar-refractivity contribution >= 4 is 11.9 Å². The van der Waals surface area contributed by atoms with E-state index < -0.39 is 12.1 Å². The lowest BCUT2D eigenvalue weighted by Gasteiger charge is -2.13. The van der Waals surface area contributed by atoms with E-state index in [-0.39, 0.29) is 11.6 Å². The third-order valence-electron chi connectivity index (χ3n) is 3.28. The molecular formula is C15H19FN4O3. The minimum atomic E-state index is -1.01. The second kappa shape index (κ2) is 7.68. The Morgan fingerprint density at radius 2 is 2.35 bits per heavy atom. The van der Waals surface area contributed by atoms with Gasteiger partial charge in [0.05, 0.1) is 12.3 Å². The van der Waals surface area contributed by atoms with E-state index in [0.29, 0.717) is 24.3 Å². The maximum atomic E-state index is 12.1. The second-order valence-electron chi connectivity index (χ2n) is 5.18. The smallest absolute Gasteiger partial charge is 0.352 e. The van der Waals surface area contributed by atoms with Gasteiger partial charge in [-0.25, -0.2) is 19.2 Å². The van der Waals surface area contributed by atoms with Crippen LogP contribution >= 0.6 is 0 Å². The first kappa shape index (κ1) is 16.9. The fourth-order valence-corrected chi connectivity index (χ4v) is 2.10. The number of carboxylic acids is 1. The molecule has 0 aromatic carbocycles. The Labute approximate surface area is 132 Å². The number of halogens is 1. The van der Waals surface area contributed by atoms with E-state index in [1.165, 1.54) is 6.07 Å². The molecule has 2 aromatic rings. The van der Waals surface area contributed by atoms with Crippen LogP contribution in [0.3, 0.4) is 0 Å². The molecule has 0 bridgehead atoms. The number of aromatic amines is 1. The molecule has 1 aliphatic heterocycles. The minimum absolute atomic E-state index is 0.117. The Kier molecular flexibility index (Phi) is 5.64. The van der Waals surface area contributed by atoms with Gasteiger partial charge in [-0.1, -0.05) is 0 Å². The molecule has 0 aliphatic carbocycles. The number of ether oxygens (including phenoxy) is 1. The monoisotopic (exact) mass is 322 g/mol. The van der Waals surface area contributed by atoms with E-state index in [9.17, 15) is 9.18 Å². The summed E-state index contributed by atoms with van der Waals surface area (Å²) >= 11 is 0. The molecule has 0 saturated carbocycles. The van der Waals surface area contributed by atoms with Crippen LogP contribution in [0.4, 0.5) is 10.3 Å². The van der Waals surface area contributed by atoms with Gasteiger partial charge < -0.3 is 20.6 Å². The number of rotatable bonds is 2. The van der Waals surface area contributed by atoms with Crippen molar-refractivity contribution < 1.29 is 19.0 Å². The van der Waals surface area contributed by atoms with E-state index >= 15 is 0 Å². The lowest BCUT2D eigenvalue weighted by Crippen LogP contribution is -2.17. The van der Waals surface area contributed by atoms with Crippen LogP contribution in [0.25, 0.3) is 11.3 Å². The molecule has 0 amide bonds. The summed E-state index contributed by atoms with van der Waals surface area (Å²) in [6, 6.07) is 1.51. The Morgan fingerprint density at radius 1 is 1.57 bits per heavy atom. The molecule has 1 unspecified atom stereocenters. The SMILES string of the molecule is Cc1cnc(N)nc1-c1c[nH]c(C(=O)O)c1.FC1CCCOC1. The van der Waals surface area contributed by atoms with Gasteiger partial charge in [0.25, 0.3) is 0 Å². The molecule has 7 nitrogen and oxygen atoms in total. The fraction of sp³-hybridized carbons (Fsp3) is 0.400. The summed E-state index contributed by atoms with van der Waals surface area (Å²) in [5.74, 6) is -0.843. The molecule has 8 heteroatoms. The van der Waals surface area contributed by atoms with E-state index in [0.717, 1.165) is 18.6 Å². The van der Waals surface area contributed by atoms with Gasteiger partial charge in [0.1, 0.15) is 11.9 Å². The predicted molar refractivity (Wildman–Crippen MR) is 82.9 cm³/mol. The Morgan fingerprint density at radius 3 is 2.87 bits per heavy atom. The van der Waals surface area contributed by atoms with Gasteiger partial charge in [0, 0.05) is 24.6 Å². The van der Waals surface area contributed by atoms with Crippen LogP contribution < -0.4 is 5.73 Å². The Balaban J connectivity index is 0.000000229. The van der Waals surface area contributed by atoms with Crippen molar-refractivity contribution in [3.05, 3.63) is 29.7 Å². The third kappa shape index (κ3) is 4.75. The van der Waals surface area contributed by atoms with E-state index in [1.807, 2.05) is 6.92 Å². The van der Waals surface area contributed by atoms with Crippen LogP contribution in [-0.2, 0) is 4.74 Å². The summed E-state index contributed by atoms with van der Waals surface area (Å²) in [5, 5.41) is 8.78. The standard InChI is InChI=1S/C10H10N4O2.C5H9FO/c1-5-3-13-10(11)14-8(5)6-2-7(9(15)16)12-4-6;6-5-2-1-3-7-4-5/h2-4,12H,1H3,(H,15,16)(H2,11,13,14);5H,1-4H2. The number of nitrogens with one attached hydrogen (secondary N) is 1. The van der Waals surface area contributed by atoms with Crippen molar-refractivity contribution in [1.82, 2.24) is 15.0 Å². The largest absolute Gasteiger partial charge is 0.477 e. The molecule has 0 radical (unpaired) electrons. The van der Waals surface area contributed by atoms with Crippen LogP contribution in [0, 0.1) is 6.92 Å². The number of H-pyrrole nitrogens is 1. The average molecular weight is 322 g/mol. The number of hydrogen-bond donors (Lipinski definition) is 3. The van der Waals surface area contributed by atoms with Crippen molar-refractivity contribution in [3.63, 3.8) is 0 Å². The van der Waals surface area contributed by atoms with Crippen LogP contribution in [0.1, 0.15) is 28.9 Å². The van der Waals surface area contributed by atoms with Gasteiger partial charge in [-0.15, -0.1) is 0 Å². The summed E-state index contributed by atoms with van der Waals surface area (Å²) in [4.78, 5) is 21.3. The highest BCUT2D eigenvalue weighted by Crippen LogP contribution is 2.21. The number of aromatic nitrogens is 3. The molecule has 124 valence electrons. The minimum Gasteiger partial charge on any atom is -0.477 e. The highest BCUT2D eigenvalue weighted by atomic mass is 19.1. The topological polar surface area (TPSA) is 114 Å².